The molecule has 0 amide bonds. The Morgan fingerprint density at radius 1 is 0.362 bits per heavy atom. The van der Waals surface area contributed by atoms with Crippen LogP contribution in [0, 0.1) is 0 Å². The van der Waals surface area contributed by atoms with Crippen molar-refractivity contribution in [1.82, 2.24) is 9.13 Å². The van der Waals surface area contributed by atoms with Crippen LogP contribution in [0.4, 0.5) is 0 Å². The standard InChI is InChI=1S/C54H36N2SSi/c1-4-16-39(17-5-1)58(40-18-6-2-7-19-40,41-20-8-3-9-21-41)42-34-35-48-46(36-42)44-22-10-11-25-47(44)55(48)38-32-30-37(31-33-38)43-23-14-27-50-53(43)45-24-15-29-52-54(45)56(50)49-26-12-13-28-51(49)57-52/h1-36H. The van der Waals surface area contributed by atoms with Crippen molar-refractivity contribution in [3.8, 4) is 22.5 Å². The second kappa shape index (κ2) is 13.1. The van der Waals surface area contributed by atoms with E-state index in [9.17, 15) is 0 Å². The average molecular weight is 773 g/mol. The van der Waals surface area contributed by atoms with Gasteiger partial charge in [-0.05, 0) is 80.4 Å². The fraction of sp³-hybridized carbons (Fsp3) is 0. The minimum Gasteiger partial charge on any atom is -0.309 e. The van der Waals surface area contributed by atoms with Crippen molar-refractivity contribution in [3.05, 3.63) is 218 Å². The molecule has 0 saturated carbocycles. The topological polar surface area (TPSA) is 9.86 Å². The molecule has 0 unspecified atom stereocenters. The van der Waals surface area contributed by atoms with E-state index < -0.39 is 8.07 Å². The van der Waals surface area contributed by atoms with E-state index in [0.717, 1.165) is 5.69 Å². The quantitative estimate of drug-likeness (QED) is 0.121. The average Bonchev–Trinajstić information content (AvgIpc) is 3.82. The van der Waals surface area contributed by atoms with E-state index in [4.69, 9.17) is 0 Å². The van der Waals surface area contributed by atoms with Crippen molar-refractivity contribution >= 4 is 84.2 Å². The van der Waals surface area contributed by atoms with E-state index in [-0.39, 0.29) is 0 Å². The van der Waals surface area contributed by atoms with E-state index in [1.807, 2.05) is 11.8 Å². The van der Waals surface area contributed by atoms with Crippen LogP contribution in [0.15, 0.2) is 228 Å². The minimum absolute atomic E-state index is 1.15. The summed E-state index contributed by atoms with van der Waals surface area (Å²) in [6.07, 6.45) is 0. The molecule has 2 nitrogen and oxygen atoms in total. The van der Waals surface area contributed by atoms with Crippen LogP contribution in [0.5, 0.6) is 0 Å². The predicted octanol–water partition coefficient (Wildman–Crippen LogP) is 11.4. The van der Waals surface area contributed by atoms with E-state index in [1.165, 1.54) is 91.0 Å². The molecule has 9 aromatic carbocycles. The molecule has 0 radical (unpaired) electrons. The Kier molecular flexibility index (Phi) is 7.52. The number of para-hydroxylation sites is 3. The van der Waals surface area contributed by atoms with Gasteiger partial charge in [-0.15, -0.1) is 0 Å². The monoisotopic (exact) mass is 772 g/mol. The van der Waals surface area contributed by atoms with Gasteiger partial charge < -0.3 is 9.13 Å². The summed E-state index contributed by atoms with van der Waals surface area (Å²) in [5.41, 5.74) is 9.84. The summed E-state index contributed by atoms with van der Waals surface area (Å²) in [6, 6.07) is 81.3. The summed E-state index contributed by atoms with van der Waals surface area (Å²) in [4.78, 5) is 2.60. The molecule has 2 aromatic heterocycles. The van der Waals surface area contributed by atoms with Crippen LogP contribution < -0.4 is 20.7 Å². The molecule has 3 heterocycles. The third-order valence-corrected chi connectivity index (χ3v) is 18.2. The lowest BCUT2D eigenvalue weighted by atomic mass is 9.99. The molecule has 0 N–H and O–H groups in total. The van der Waals surface area contributed by atoms with Crippen molar-refractivity contribution in [3.63, 3.8) is 0 Å². The van der Waals surface area contributed by atoms with Gasteiger partial charge in [-0.2, -0.15) is 0 Å². The predicted molar refractivity (Wildman–Crippen MR) is 248 cm³/mol. The molecule has 272 valence electrons. The Hall–Kier alpha value is -6.85. The van der Waals surface area contributed by atoms with Crippen LogP contribution in [0.3, 0.4) is 0 Å². The number of nitrogens with zero attached hydrogens (tertiary/aromatic N) is 2. The van der Waals surface area contributed by atoms with Crippen LogP contribution in [0.1, 0.15) is 0 Å². The number of benzene rings is 9. The second-order valence-corrected chi connectivity index (χ2v) is 20.1. The SMILES string of the molecule is c1ccc([Si](c2ccccc2)(c2ccccc2)c2ccc3c(c2)c2ccccc2n3-c2ccc(-c3cccc4c3c3cccc5c3n4-c3ccccc3S5)cc2)cc1. The van der Waals surface area contributed by atoms with Gasteiger partial charge in [0.25, 0.3) is 0 Å². The summed E-state index contributed by atoms with van der Waals surface area (Å²) in [6.45, 7) is 0. The number of hydrogen-bond acceptors (Lipinski definition) is 1. The van der Waals surface area contributed by atoms with Crippen molar-refractivity contribution in [2.45, 2.75) is 9.79 Å². The molecule has 4 heteroatoms. The molecule has 58 heavy (non-hydrogen) atoms. The number of fused-ring (bicyclic) bond motifs is 8. The molecule has 11 aromatic rings. The summed E-state index contributed by atoms with van der Waals surface area (Å²) in [7, 11) is -2.69. The van der Waals surface area contributed by atoms with Gasteiger partial charge in [-0.3, -0.25) is 0 Å². The lowest BCUT2D eigenvalue weighted by Crippen LogP contribution is -2.74. The summed E-state index contributed by atoms with van der Waals surface area (Å²) in [5.74, 6) is 0. The first-order valence-electron chi connectivity index (χ1n) is 19.9. The van der Waals surface area contributed by atoms with Crippen molar-refractivity contribution in [1.29, 1.82) is 0 Å². The number of hydrogen-bond donors (Lipinski definition) is 0. The maximum atomic E-state index is 2.51. The highest BCUT2D eigenvalue weighted by atomic mass is 32.2. The van der Waals surface area contributed by atoms with Gasteiger partial charge in [0, 0.05) is 37.0 Å². The lowest BCUT2D eigenvalue weighted by Gasteiger charge is -2.34. The Morgan fingerprint density at radius 2 is 0.931 bits per heavy atom. The van der Waals surface area contributed by atoms with Gasteiger partial charge in [0.05, 0.1) is 27.8 Å². The molecule has 12 rings (SSSR count). The van der Waals surface area contributed by atoms with Crippen LogP contribution in [0.2, 0.25) is 0 Å². The van der Waals surface area contributed by atoms with Crippen LogP contribution in [-0.4, -0.2) is 17.2 Å². The molecule has 1 aliphatic heterocycles. The Labute approximate surface area is 342 Å². The molecule has 0 spiro atoms. The zero-order chi connectivity index (χ0) is 38.2. The third kappa shape index (κ3) is 4.79. The van der Waals surface area contributed by atoms with Gasteiger partial charge in [0.2, 0.25) is 0 Å². The van der Waals surface area contributed by atoms with Crippen LogP contribution >= 0.6 is 11.8 Å². The smallest absolute Gasteiger partial charge is 0.179 e. The fourth-order valence-corrected chi connectivity index (χ4v) is 15.7. The maximum Gasteiger partial charge on any atom is 0.179 e. The highest BCUT2D eigenvalue weighted by Crippen LogP contribution is 2.48. The van der Waals surface area contributed by atoms with E-state index >= 15 is 0 Å². The van der Waals surface area contributed by atoms with Crippen molar-refractivity contribution < 1.29 is 0 Å². The second-order valence-electron chi connectivity index (χ2n) is 15.2. The zero-order valence-electron chi connectivity index (χ0n) is 31.6. The summed E-state index contributed by atoms with van der Waals surface area (Å²) < 4.78 is 4.92. The maximum absolute atomic E-state index is 2.69. The normalized spacial score (nSPS) is 12.4. The van der Waals surface area contributed by atoms with Gasteiger partial charge in [-0.1, -0.05) is 182 Å². The van der Waals surface area contributed by atoms with Gasteiger partial charge in [-0.25, -0.2) is 0 Å². The molecule has 0 bridgehead atoms. The van der Waals surface area contributed by atoms with Crippen molar-refractivity contribution in [2.24, 2.45) is 0 Å². The zero-order valence-corrected chi connectivity index (χ0v) is 33.4. The molecular formula is C54H36N2SSi. The van der Waals surface area contributed by atoms with E-state index in [1.54, 1.807) is 0 Å². The number of rotatable bonds is 6. The lowest BCUT2D eigenvalue weighted by molar-refractivity contribution is 1.09. The Balaban J connectivity index is 1.04. The van der Waals surface area contributed by atoms with Gasteiger partial charge in [0.15, 0.2) is 8.07 Å². The van der Waals surface area contributed by atoms with Gasteiger partial charge in [0.1, 0.15) is 0 Å². The molecule has 0 fully saturated rings. The first kappa shape index (κ1) is 33.3. The summed E-state index contributed by atoms with van der Waals surface area (Å²) in [5, 5.41) is 10.7. The van der Waals surface area contributed by atoms with Crippen LogP contribution in [-0.2, 0) is 0 Å². The highest BCUT2D eigenvalue weighted by molar-refractivity contribution is 7.99. The Bertz CT molecular complexity index is 3250. The molecule has 0 aliphatic carbocycles. The first-order chi connectivity index (χ1) is 28.8. The Morgan fingerprint density at radius 3 is 1.66 bits per heavy atom. The largest absolute Gasteiger partial charge is 0.309 e. The van der Waals surface area contributed by atoms with Crippen molar-refractivity contribution in [2.75, 3.05) is 0 Å². The van der Waals surface area contributed by atoms with E-state index in [0.29, 0.717) is 0 Å². The first-order valence-corrected chi connectivity index (χ1v) is 22.8. The van der Waals surface area contributed by atoms with Crippen LogP contribution in [0.25, 0.3) is 66.1 Å². The van der Waals surface area contributed by atoms with E-state index in [2.05, 4.69) is 228 Å². The summed E-state index contributed by atoms with van der Waals surface area (Å²) >= 11 is 1.87. The molecule has 0 saturated heterocycles. The fourth-order valence-electron chi connectivity index (χ4n) is 9.84. The molecule has 1 aliphatic rings. The van der Waals surface area contributed by atoms with Gasteiger partial charge >= 0.3 is 0 Å². The third-order valence-electron chi connectivity index (χ3n) is 12.3. The molecular weight excluding hydrogens is 737 g/mol. The number of aromatic nitrogens is 2. The molecule has 0 atom stereocenters. The minimum atomic E-state index is -2.69. The highest BCUT2D eigenvalue weighted by Gasteiger charge is 2.41.